The number of amides is 2. The Kier molecular flexibility index (Phi) is 6.55. The van der Waals surface area contributed by atoms with E-state index in [0.29, 0.717) is 6.54 Å². The number of hydrazone groups is 1. The zero-order valence-corrected chi connectivity index (χ0v) is 16.9. The average molecular weight is 368 g/mol. The summed E-state index contributed by atoms with van der Waals surface area (Å²) in [5.41, 5.74) is 8.80. The van der Waals surface area contributed by atoms with Crippen LogP contribution in [0.15, 0.2) is 29.4 Å². The van der Waals surface area contributed by atoms with E-state index >= 15 is 0 Å². The van der Waals surface area contributed by atoms with Gasteiger partial charge >= 0.3 is 11.8 Å². The van der Waals surface area contributed by atoms with Crippen molar-refractivity contribution in [3.8, 4) is 5.69 Å². The number of aromatic nitrogens is 1. The lowest BCUT2D eigenvalue weighted by Crippen LogP contribution is -2.39. The van der Waals surface area contributed by atoms with E-state index in [2.05, 4.69) is 46.4 Å². The molecule has 1 aromatic heterocycles. The molecule has 0 aliphatic heterocycles. The van der Waals surface area contributed by atoms with Gasteiger partial charge in [-0.2, -0.15) is 5.10 Å². The lowest BCUT2D eigenvalue weighted by molar-refractivity contribution is -0.139. The fraction of sp³-hybridized carbons (Fsp3) is 0.381. The van der Waals surface area contributed by atoms with Crippen LogP contribution < -0.4 is 10.7 Å². The first-order valence-corrected chi connectivity index (χ1v) is 9.09. The second-order valence-corrected chi connectivity index (χ2v) is 7.21. The van der Waals surface area contributed by atoms with Gasteiger partial charge in [0.1, 0.15) is 0 Å². The van der Waals surface area contributed by atoms with E-state index in [-0.39, 0.29) is 5.92 Å². The predicted molar refractivity (Wildman–Crippen MR) is 108 cm³/mol. The van der Waals surface area contributed by atoms with Crippen molar-refractivity contribution in [2.45, 2.75) is 41.5 Å². The van der Waals surface area contributed by atoms with E-state index in [1.54, 1.807) is 6.21 Å². The van der Waals surface area contributed by atoms with Crippen LogP contribution in [0.1, 0.15) is 41.9 Å². The Morgan fingerprint density at radius 3 is 2.33 bits per heavy atom. The standard InChI is InChI=1S/C21H28N4O2/c1-13(2)11-22-20(26)21(27)24-23-12-18-10-16(5)25(17(18)6)19-14(3)8-7-9-15(19)4/h7-10,12-13H,11H2,1-6H3,(H,22,26)(H,24,27)/b23-12-. The largest absolute Gasteiger partial charge is 0.348 e. The summed E-state index contributed by atoms with van der Waals surface area (Å²) < 4.78 is 2.18. The number of hydrogen-bond acceptors (Lipinski definition) is 3. The summed E-state index contributed by atoms with van der Waals surface area (Å²) in [7, 11) is 0. The number of nitrogens with zero attached hydrogens (tertiary/aromatic N) is 2. The number of benzene rings is 1. The molecule has 0 unspecified atom stereocenters. The third kappa shape index (κ3) is 4.84. The zero-order chi connectivity index (χ0) is 20.1. The minimum Gasteiger partial charge on any atom is -0.348 e. The summed E-state index contributed by atoms with van der Waals surface area (Å²) in [4.78, 5) is 23.4. The van der Waals surface area contributed by atoms with E-state index in [1.807, 2.05) is 39.8 Å². The molecule has 0 saturated heterocycles. The molecule has 0 radical (unpaired) electrons. The number of rotatable bonds is 5. The number of nitrogens with one attached hydrogen (secondary N) is 2. The molecular formula is C21H28N4O2. The Labute approximate surface area is 160 Å². The topological polar surface area (TPSA) is 75.5 Å². The molecule has 2 aromatic rings. The molecule has 0 saturated carbocycles. The molecular weight excluding hydrogens is 340 g/mol. The first-order valence-electron chi connectivity index (χ1n) is 9.09. The quantitative estimate of drug-likeness (QED) is 0.484. The minimum atomic E-state index is -0.768. The molecule has 144 valence electrons. The van der Waals surface area contributed by atoms with Crippen molar-refractivity contribution >= 4 is 18.0 Å². The van der Waals surface area contributed by atoms with Crippen molar-refractivity contribution in [2.24, 2.45) is 11.0 Å². The van der Waals surface area contributed by atoms with Crippen LogP contribution in [0.25, 0.3) is 5.69 Å². The summed E-state index contributed by atoms with van der Waals surface area (Å²) >= 11 is 0. The Bertz CT molecular complexity index is 858. The first-order chi connectivity index (χ1) is 12.7. The van der Waals surface area contributed by atoms with E-state index in [9.17, 15) is 9.59 Å². The second-order valence-electron chi connectivity index (χ2n) is 7.21. The maximum Gasteiger partial charge on any atom is 0.329 e. The third-order valence-corrected chi connectivity index (χ3v) is 4.38. The van der Waals surface area contributed by atoms with Crippen molar-refractivity contribution in [3.63, 3.8) is 0 Å². The molecule has 0 fully saturated rings. The lowest BCUT2D eigenvalue weighted by Gasteiger charge is -2.15. The zero-order valence-electron chi connectivity index (χ0n) is 16.9. The van der Waals surface area contributed by atoms with Crippen LogP contribution in [0.5, 0.6) is 0 Å². The first kappa shape index (κ1) is 20.4. The highest BCUT2D eigenvalue weighted by atomic mass is 16.2. The molecule has 2 amide bonds. The van der Waals surface area contributed by atoms with E-state index in [1.165, 1.54) is 11.1 Å². The fourth-order valence-corrected chi connectivity index (χ4v) is 3.01. The normalized spacial score (nSPS) is 11.2. The van der Waals surface area contributed by atoms with Gasteiger partial charge in [0.05, 0.1) is 11.9 Å². The van der Waals surface area contributed by atoms with Crippen LogP contribution >= 0.6 is 0 Å². The summed E-state index contributed by atoms with van der Waals surface area (Å²) in [5.74, 6) is -1.17. The van der Waals surface area contributed by atoms with Gasteiger partial charge in [-0.1, -0.05) is 32.0 Å². The predicted octanol–water partition coefficient (Wildman–Crippen LogP) is 2.93. The van der Waals surface area contributed by atoms with E-state index in [4.69, 9.17) is 0 Å². The monoisotopic (exact) mass is 368 g/mol. The Morgan fingerprint density at radius 1 is 1.11 bits per heavy atom. The number of carbonyl (C=O) groups excluding carboxylic acids is 2. The molecule has 1 heterocycles. The molecule has 27 heavy (non-hydrogen) atoms. The SMILES string of the molecule is Cc1cccc(C)c1-n1c(C)cc(/C=N\NC(=O)C(=O)NCC(C)C)c1C. The van der Waals surface area contributed by atoms with Gasteiger partial charge in [-0.15, -0.1) is 0 Å². The molecule has 0 bridgehead atoms. The van der Waals surface area contributed by atoms with Crippen molar-refractivity contribution in [1.82, 2.24) is 15.3 Å². The van der Waals surface area contributed by atoms with Crippen LogP contribution in [0, 0.1) is 33.6 Å². The molecule has 2 rings (SSSR count). The van der Waals surface area contributed by atoms with Gasteiger partial charge in [0.25, 0.3) is 0 Å². The summed E-state index contributed by atoms with van der Waals surface area (Å²) in [6.07, 6.45) is 1.57. The molecule has 0 spiro atoms. The van der Waals surface area contributed by atoms with Gasteiger partial charge in [0.15, 0.2) is 0 Å². The Morgan fingerprint density at radius 2 is 1.74 bits per heavy atom. The van der Waals surface area contributed by atoms with E-state index < -0.39 is 11.8 Å². The highest BCUT2D eigenvalue weighted by Crippen LogP contribution is 2.25. The molecule has 1 aromatic carbocycles. The van der Waals surface area contributed by atoms with Crippen molar-refractivity contribution in [3.05, 3.63) is 52.3 Å². The Hall–Kier alpha value is -2.89. The molecule has 0 aliphatic carbocycles. The number of hydrogen-bond donors (Lipinski definition) is 2. The van der Waals surface area contributed by atoms with Crippen LogP contribution in [0.2, 0.25) is 0 Å². The van der Waals surface area contributed by atoms with Gasteiger partial charge in [-0.05, 0) is 50.8 Å². The molecule has 0 atom stereocenters. The highest BCUT2D eigenvalue weighted by Gasteiger charge is 2.14. The van der Waals surface area contributed by atoms with Crippen LogP contribution in [0.4, 0.5) is 0 Å². The molecule has 6 heteroatoms. The van der Waals surface area contributed by atoms with Gasteiger partial charge in [0.2, 0.25) is 0 Å². The average Bonchev–Trinajstić information content (AvgIpc) is 2.87. The highest BCUT2D eigenvalue weighted by molar-refractivity contribution is 6.35. The molecule has 2 N–H and O–H groups in total. The van der Waals surface area contributed by atoms with Gasteiger partial charge in [-0.25, -0.2) is 5.43 Å². The number of aryl methyl sites for hydroxylation is 3. The fourth-order valence-electron chi connectivity index (χ4n) is 3.01. The molecule has 6 nitrogen and oxygen atoms in total. The third-order valence-electron chi connectivity index (χ3n) is 4.38. The Balaban J connectivity index is 2.16. The number of para-hydroxylation sites is 1. The molecule has 0 aliphatic rings. The van der Waals surface area contributed by atoms with E-state index in [0.717, 1.165) is 22.6 Å². The van der Waals surface area contributed by atoms with Crippen LogP contribution in [-0.4, -0.2) is 29.1 Å². The minimum absolute atomic E-state index is 0.278. The maximum atomic E-state index is 11.8. The number of carbonyl (C=O) groups is 2. The van der Waals surface area contributed by atoms with Gasteiger partial charge < -0.3 is 9.88 Å². The van der Waals surface area contributed by atoms with Crippen molar-refractivity contribution < 1.29 is 9.59 Å². The van der Waals surface area contributed by atoms with Crippen LogP contribution in [0.3, 0.4) is 0 Å². The summed E-state index contributed by atoms with van der Waals surface area (Å²) in [6, 6.07) is 8.23. The smallest absolute Gasteiger partial charge is 0.329 e. The second kappa shape index (κ2) is 8.66. The van der Waals surface area contributed by atoms with Crippen molar-refractivity contribution in [2.75, 3.05) is 6.54 Å². The van der Waals surface area contributed by atoms with Crippen LogP contribution in [-0.2, 0) is 9.59 Å². The lowest BCUT2D eigenvalue weighted by atomic mass is 10.1. The summed E-state index contributed by atoms with van der Waals surface area (Å²) in [5, 5.41) is 6.50. The van der Waals surface area contributed by atoms with Crippen molar-refractivity contribution in [1.29, 1.82) is 0 Å². The van der Waals surface area contributed by atoms with Gasteiger partial charge in [0, 0.05) is 23.5 Å². The van der Waals surface area contributed by atoms with Gasteiger partial charge in [-0.3, -0.25) is 9.59 Å². The summed E-state index contributed by atoms with van der Waals surface area (Å²) in [6.45, 7) is 12.6. The maximum absolute atomic E-state index is 11.8.